The smallest absolute Gasteiger partial charge is 0.263 e. The van der Waals surface area contributed by atoms with Gasteiger partial charge in [0.2, 0.25) is 5.91 Å². The largest absolute Gasteiger partial charge is 0.322 e. The second-order valence-electron chi connectivity index (χ2n) is 8.44. The summed E-state index contributed by atoms with van der Waals surface area (Å²) < 4.78 is 27.2. The summed E-state index contributed by atoms with van der Waals surface area (Å²) in [6.45, 7) is 9.89. The molecule has 0 spiro atoms. The van der Waals surface area contributed by atoms with Gasteiger partial charge in [-0.2, -0.15) is 0 Å². The van der Waals surface area contributed by atoms with Gasteiger partial charge in [-0.15, -0.1) is 0 Å². The molecule has 2 atom stereocenters. The lowest BCUT2D eigenvalue weighted by atomic mass is 9.96. The van der Waals surface area contributed by atoms with Gasteiger partial charge in [0, 0.05) is 11.0 Å². The first kappa shape index (κ1) is 21.9. The zero-order chi connectivity index (χ0) is 22.1. The average molecular weight is 430 g/mol. The van der Waals surface area contributed by atoms with E-state index in [0.29, 0.717) is 23.5 Å². The molecule has 2 aromatic rings. The Kier molecular flexibility index (Phi) is 5.94. The minimum atomic E-state index is -3.67. The van der Waals surface area contributed by atoms with Crippen LogP contribution in [0.4, 0.5) is 5.69 Å². The topological polar surface area (TPSA) is 113 Å². The highest BCUT2D eigenvalue weighted by Gasteiger charge is 2.33. The molecule has 160 valence electrons. The van der Waals surface area contributed by atoms with Crippen LogP contribution in [0.5, 0.6) is 0 Å². The molecule has 0 aliphatic carbocycles. The molecule has 1 aliphatic heterocycles. The minimum absolute atomic E-state index is 0.107. The Morgan fingerprint density at radius 1 is 1.20 bits per heavy atom. The van der Waals surface area contributed by atoms with E-state index in [0.717, 1.165) is 0 Å². The van der Waals surface area contributed by atoms with E-state index >= 15 is 0 Å². The lowest BCUT2D eigenvalue weighted by Gasteiger charge is -2.20. The zero-order valence-corrected chi connectivity index (χ0v) is 18.6. The number of fused-ring (bicyclic) bond motifs is 1. The quantitative estimate of drug-likeness (QED) is 0.759. The molecule has 9 heteroatoms. The van der Waals surface area contributed by atoms with Gasteiger partial charge in [-0.3, -0.25) is 14.5 Å². The van der Waals surface area contributed by atoms with Crippen molar-refractivity contribution < 1.29 is 13.2 Å². The van der Waals surface area contributed by atoms with Crippen molar-refractivity contribution in [3.05, 3.63) is 48.0 Å². The Bertz CT molecular complexity index is 1070. The van der Waals surface area contributed by atoms with Gasteiger partial charge in [0.1, 0.15) is 17.7 Å². The number of nitrogens with one attached hydrogen (secondary N) is 2. The Labute approximate surface area is 177 Å². The SMILES string of the molecule is CC[C@H](C)[C@H](N=C1NS(=O)(=O)c2ccccc21)C(=O)Nc1cnc(C(C)(C)C)nc1. The second kappa shape index (κ2) is 8.14. The zero-order valence-electron chi connectivity index (χ0n) is 17.8. The maximum absolute atomic E-state index is 13.0. The first-order valence-corrected chi connectivity index (χ1v) is 11.3. The van der Waals surface area contributed by atoms with E-state index in [4.69, 9.17) is 0 Å². The number of amidine groups is 1. The molecule has 1 aromatic heterocycles. The van der Waals surface area contributed by atoms with Gasteiger partial charge in [-0.1, -0.05) is 53.2 Å². The fourth-order valence-electron chi connectivity index (χ4n) is 3.03. The molecular weight excluding hydrogens is 402 g/mol. The molecule has 8 nitrogen and oxygen atoms in total. The maximum atomic E-state index is 13.0. The van der Waals surface area contributed by atoms with Crippen LogP contribution < -0.4 is 10.0 Å². The summed E-state index contributed by atoms with van der Waals surface area (Å²) in [5.41, 5.74) is 0.742. The van der Waals surface area contributed by atoms with E-state index in [1.54, 1.807) is 30.6 Å². The van der Waals surface area contributed by atoms with Crippen LogP contribution in [0.15, 0.2) is 46.5 Å². The number of anilines is 1. The van der Waals surface area contributed by atoms with Crippen molar-refractivity contribution >= 4 is 27.5 Å². The molecular formula is C21H27N5O3S. The molecule has 3 rings (SSSR count). The highest BCUT2D eigenvalue weighted by atomic mass is 32.2. The van der Waals surface area contributed by atoms with Crippen molar-refractivity contribution in [1.29, 1.82) is 0 Å². The molecule has 1 aromatic carbocycles. The van der Waals surface area contributed by atoms with Crippen molar-refractivity contribution in [2.45, 2.75) is 57.4 Å². The molecule has 2 heterocycles. The Morgan fingerprint density at radius 2 is 1.83 bits per heavy atom. The number of amides is 1. The average Bonchev–Trinajstić information content (AvgIpc) is 2.95. The van der Waals surface area contributed by atoms with E-state index in [1.807, 2.05) is 34.6 Å². The molecule has 0 fully saturated rings. The van der Waals surface area contributed by atoms with E-state index < -0.39 is 16.1 Å². The summed E-state index contributed by atoms with van der Waals surface area (Å²) in [5.74, 6) is 0.415. The van der Waals surface area contributed by atoms with Crippen molar-refractivity contribution in [2.24, 2.45) is 10.9 Å². The number of carbonyl (C=O) groups is 1. The monoisotopic (exact) mass is 429 g/mol. The first-order chi connectivity index (χ1) is 14.0. The molecule has 1 amide bonds. The lowest BCUT2D eigenvalue weighted by Crippen LogP contribution is -2.35. The van der Waals surface area contributed by atoms with E-state index in [9.17, 15) is 13.2 Å². The number of aliphatic imine (C=N–C) groups is 1. The van der Waals surface area contributed by atoms with Gasteiger partial charge < -0.3 is 5.32 Å². The van der Waals surface area contributed by atoms with Gasteiger partial charge in [0.05, 0.1) is 23.0 Å². The van der Waals surface area contributed by atoms with E-state index in [1.165, 1.54) is 6.07 Å². The van der Waals surface area contributed by atoms with Gasteiger partial charge in [-0.05, 0) is 18.1 Å². The van der Waals surface area contributed by atoms with Gasteiger partial charge in [0.15, 0.2) is 0 Å². The molecule has 2 N–H and O–H groups in total. The third-order valence-corrected chi connectivity index (χ3v) is 6.37. The number of hydrogen-bond acceptors (Lipinski definition) is 6. The van der Waals surface area contributed by atoms with Crippen molar-refractivity contribution in [1.82, 2.24) is 14.7 Å². The van der Waals surface area contributed by atoms with Crippen LogP contribution in [0.1, 0.15) is 52.4 Å². The fourth-order valence-corrected chi connectivity index (χ4v) is 4.27. The number of nitrogens with zero attached hydrogens (tertiary/aromatic N) is 3. The molecule has 1 aliphatic rings. The third kappa shape index (κ3) is 4.51. The first-order valence-electron chi connectivity index (χ1n) is 9.86. The van der Waals surface area contributed by atoms with Crippen LogP contribution >= 0.6 is 0 Å². The highest BCUT2D eigenvalue weighted by molar-refractivity contribution is 7.90. The standard InChI is InChI=1S/C21H27N5O3S/c1-6-13(2)17(19(27)24-14-11-22-20(23-12-14)21(3,4)5)25-18-15-9-7-8-10-16(15)30(28,29)26-18/h7-13,17H,6H2,1-5H3,(H,24,27)(H,25,26)/t13-,17-/m0/s1. The minimum Gasteiger partial charge on any atom is -0.322 e. The normalized spacial score (nSPS) is 18.4. The molecule has 0 saturated carbocycles. The predicted octanol–water partition coefficient (Wildman–Crippen LogP) is 2.87. The summed E-state index contributed by atoms with van der Waals surface area (Å²) in [6, 6.07) is 5.81. The fraction of sp³-hybridized carbons (Fsp3) is 0.429. The number of hydrogen-bond donors (Lipinski definition) is 2. The van der Waals surface area contributed by atoms with E-state index in [2.05, 4.69) is 25.0 Å². The molecule has 0 saturated heterocycles. The molecule has 0 unspecified atom stereocenters. The summed E-state index contributed by atoms with van der Waals surface area (Å²) in [7, 11) is -3.67. The van der Waals surface area contributed by atoms with Crippen LogP contribution in [-0.2, 0) is 20.2 Å². The van der Waals surface area contributed by atoms with Gasteiger partial charge >= 0.3 is 0 Å². The number of aromatic nitrogens is 2. The number of benzene rings is 1. The summed E-state index contributed by atoms with van der Waals surface area (Å²) in [4.78, 5) is 26.3. The molecule has 30 heavy (non-hydrogen) atoms. The Balaban J connectivity index is 1.89. The number of sulfonamides is 1. The lowest BCUT2D eigenvalue weighted by molar-refractivity contribution is -0.118. The maximum Gasteiger partial charge on any atom is 0.263 e. The van der Waals surface area contributed by atoms with Crippen LogP contribution in [-0.4, -0.2) is 36.2 Å². The van der Waals surface area contributed by atoms with Crippen LogP contribution in [0.3, 0.4) is 0 Å². The summed E-state index contributed by atoms with van der Waals surface area (Å²) in [6.07, 6.45) is 3.84. The molecule has 0 bridgehead atoms. The summed E-state index contributed by atoms with van der Waals surface area (Å²) >= 11 is 0. The second-order valence-corrected chi connectivity index (χ2v) is 10.1. The van der Waals surface area contributed by atoms with Gasteiger partial charge in [-0.25, -0.2) is 18.4 Å². The predicted molar refractivity (Wildman–Crippen MR) is 116 cm³/mol. The van der Waals surface area contributed by atoms with Gasteiger partial charge in [0.25, 0.3) is 10.0 Å². The van der Waals surface area contributed by atoms with Crippen molar-refractivity contribution in [3.8, 4) is 0 Å². The van der Waals surface area contributed by atoms with Crippen LogP contribution in [0.2, 0.25) is 0 Å². The van der Waals surface area contributed by atoms with Crippen LogP contribution in [0, 0.1) is 5.92 Å². The summed E-state index contributed by atoms with van der Waals surface area (Å²) in [5, 5.41) is 2.81. The van der Waals surface area contributed by atoms with Crippen LogP contribution in [0.25, 0.3) is 0 Å². The number of carbonyl (C=O) groups excluding carboxylic acids is 1. The number of rotatable bonds is 5. The van der Waals surface area contributed by atoms with Crippen molar-refractivity contribution in [2.75, 3.05) is 5.32 Å². The Morgan fingerprint density at radius 3 is 2.43 bits per heavy atom. The highest BCUT2D eigenvalue weighted by Crippen LogP contribution is 2.24. The van der Waals surface area contributed by atoms with E-state index in [-0.39, 0.29) is 28.0 Å². The Hall–Kier alpha value is -2.81. The third-order valence-electron chi connectivity index (χ3n) is 4.97. The molecule has 0 radical (unpaired) electrons. The van der Waals surface area contributed by atoms with Crippen molar-refractivity contribution in [3.63, 3.8) is 0 Å².